The van der Waals surface area contributed by atoms with Gasteiger partial charge in [0, 0.05) is 13.5 Å². The molecule has 0 aromatic carbocycles. The van der Waals surface area contributed by atoms with Gasteiger partial charge in [-0.05, 0) is 12.8 Å². The Bertz CT molecular complexity index is 372. The molecule has 0 saturated carbocycles. The number of hydrogen-bond donors (Lipinski definition) is 0. The van der Waals surface area contributed by atoms with Gasteiger partial charge in [-0.25, -0.2) is 0 Å². The highest BCUT2D eigenvalue weighted by atomic mass is 16.7. The number of carbonyl (C=O) groups excluding carboxylic acids is 1. The molecular weight excluding hydrogens is 352 g/mol. The van der Waals surface area contributed by atoms with E-state index in [4.69, 9.17) is 14.2 Å². The van der Waals surface area contributed by atoms with Crippen molar-refractivity contribution in [2.24, 2.45) is 5.92 Å². The number of ether oxygens (including phenoxy) is 3. The summed E-state index contributed by atoms with van der Waals surface area (Å²) in [5.74, 6) is 0.0928. The number of methoxy groups -OCH3 is 1. The van der Waals surface area contributed by atoms with Crippen LogP contribution in [0.2, 0.25) is 0 Å². The fourth-order valence-electron chi connectivity index (χ4n) is 4.08. The first-order valence-corrected chi connectivity index (χ1v) is 12.0. The van der Waals surface area contributed by atoms with E-state index in [9.17, 15) is 4.79 Å². The first kappa shape index (κ1) is 25.4. The minimum atomic E-state index is 0.00128. The Morgan fingerprint density at radius 2 is 1.43 bits per heavy atom. The predicted molar refractivity (Wildman–Crippen MR) is 115 cm³/mol. The molecule has 1 aliphatic heterocycles. The van der Waals surface area contributed by atoms with Crippen molar-refractivity contribution in [3.63, 3.8) is 0 Å². The molecule has 4 nitrogen and oxygen atoms in total. The van der Waals surface area contributed by atoms with E-state index in [1.165, 1.54) is 77.0 Å². The molecule has 0 bridgehead atoms. The van der Waals surface area contributed by atoms with Crippen molar-refractivity contribution in [2.75, 3.05) is 13.9 Å². The molecule has 1 aliphatic rings. The topological polar surface area (TPSA) is 44.8 Å². The van der Waals surface area contributed by atoms with Crippen LogP contribution in [-0.4, -0.2) is 32.1 Å². The lowest BCUT2D eigenvalue weighted by Gasteiger charge is -2.37. The monoisotopic (exact) mass is 398 g/mol. The molecule has 1 fully saturated rings. The van der Waals surface area contributed by atoms with Crippen LogP contribution in [0.4, 0.5) is 0 Å². The highest BCUT2D eigenvalue weighted by Crippen LogP contribution is 2.32. The zero-order chi connectivity index (χ0) is 20.5. The second-order valence-electron chi connectivity index (χ2n) is 8.48. The SMILES string of the molecule is CCCCCCCCCC[C@@H]1C(=O)O[C@H]1C[C@@H](CCCCCCC)OCOC. The summed E-state index contributed by atoms with van der Waals surface area (Å²) < 4.78 is 16.4. The molecule has 0 amide bonds. The molecule has 4 heteroatoms. The molecule has 1 heterocycles. The number of cyclic esters (lactones) is 1. The van der Waals surface area contributed by atoms with Crippen molar-refractivity contribution in [2.45, 2.75) is 129 Å². The molecule has 0 N–H and O–H groups in total. The smallest absolute Gasteiger partial charge is 0.313 e. The maximum absolute atomic E-state index is 11.9. The van der Waals surface area contributed by atoms with E-state index >= 15 is 0 Å². The largest absolute Gasteiger partial charge is 0.461 e. The Hall–Kier alpha value is -0.610. The van der Waals surface area contributed by atoms with Gasteiger partial charge in [0.15, 0.2) is 0 Å². The van der Waals surface area contributed by atoms with Gasteiger partial charge in [0.2, 0.25) is 0 Å². The Kier molecular flexibility index (Phi) is 15.7. The first-order chi connectivity index (χ1) is 13.7. The number of unbranched alkanes of at least 4 members (excludes halogenated alkanes) is 11. The van der Waals surface area contributed by atoms with Gasteiger partial charge in [0.05, 0.1) is 12.0 Å². The predicted octanol–water partition coefficient (Wildman–Crippen LogP) is 6.80. The molecule has 1 rings (SSSR count). The van der Waals surface area contributed by atoms with Crippen LogP contribution in [0.5, 0.6) is 0 Å². The molecule has 0 spiro atoms. The van der Waals surface area contributed by atoms with Crippen LogP contribution in [0.1, 0.15) is 117 Å². The van der Waals surface area contributed by atoms with Crippen LogP contribution in [0.3, 0.4) is 0 Å². The van der Waals surface area contributed by atoms with E-state index in [-0.39, 0.29) is 24.1 Å². The number of esters is 1. The second kappa shape index (κ2) is 17.3. The van der Waals surface area contributed by atoms with Crippen molar-refractivity contribution in [1.29, 1.82) is 0 Å². The summed E-state index contributed by atoms with van der Waals surface area (Å²) in [5, 5.41) is 0. The summed E-state index contributed by atoms with van der Waals surface area (Å²) in [6, 6.07) is 0. The summed E-state index contributed by atoms with van der Waals surface area (Å²) >= 11 is 0. The molecule has 0 aromatic heterocycles. The standard InChI is InChI=1S/C24H46O4/c1-4-6-8-10-11-12-14-16-18-22-23(28-24(22)25)19-21(27-20-26-3)17-15-13-9-7-5-2/h21-23H,4-20H2,1-3H3/t21-,22+,23+/m1/s1. The minimum Gasteiger partial charge on any atom is -0.461 e. The third-order valence-electron chi connectivity index (χ3n) is 5.93. The quantitative estimate of drug-likeness (QED) is 0.128. The van der Waals surface area contributed by atoms with Crippen LogP contribution < -0.4 is 0 Å². The van der Waals surface area contributed by atoms with Gasteiger partial charge >= 0.3 is 5.97 Å². The summed E-state index contributed by atoms with van der Waals surface area (Å²) in [6.07, 6.45) is 19.8. The lowest BCUT2D eigenvalue weighted by atomic mass is 9.86. The summed E-state index contributed by atoms with van der Waals surface area (Å²) in [6.45, 7) is 4.82. The Morgan fingerprint density at radius 1 is 0.857 bits per heavy atom. The van der Waals surface area contributed by atoms with Crippen LogP contribution in [0.15, 0.2) is 0 Å². The minimum absolute atomic E-state index is 0.00128. The molecule has 0 aliphatic carbocycles. The van der Waals surface area contributed by atoms with Gasteiger partial charge < -0.3 is 14.2 Å². The maximum atomic E-state index is 11.9. The van der Waals surface area contributed by atoms with E-state index in [1.807, 2.05) is 0 Å². The zero-order valence-corrected chi connectivity index (χ0v) is 18.9. The number of rotatable bonds is 20. The summed E-state index contributed by atoms with van der Waals surface area (Å²) in [7, 11) is 1.66. The third-order valence-corrected chi connectivity index (χ3v) is 5.93. The molecule has 0 aromatic rings. The van der Waals surface area contributed by atoms with Crippen LogP contribution in [0.25, 0.3) is 0 Å². The molecular formula is C24H46O4. The van der Waals surface area contributed by atoms with E-state index in [0.717, 1.165) is 25.7 Å². The van der Waals surface area contributed by atoms with Gasteiger partial charge in [-0.2, -0.15) is 0 Å². The van der Waals surface area contributed by atoms with Gasteiger partial charge in [0.1, 0.15) is 12.9 Å². The maximum Gasteiger partial charge on any atom is 0.313 e. The van der Waals surface area contributed by atoms with E-state index in [2.05, 4.69) is 13.8 Å². The van der Waals surface area contributed by atoms with Crippen LogP contribution >= 0.6 is 0 Å². The fourth-order valence-corrected chi connectivity index (χ4v) is 4.08. The molecule has 3 atom stereocenters. The van der Waals surface area contributed by atoms with Crippen LogP contribution in [0, 0.1) is 5.92 Å². The Morgan fingerprint density at radius 3 is 2.00 bits per heavy atom. The lowest BCUT2D eigenvalue weighted by molar-refractivity contribution is -0.191. The van der Waals surface area contributed by atoms with Crippen molar-refractivity contribution >= 4 is 5.97 Å². The second-order valence-corrected chi connectivity index (χ2v) is 8.48. The average molecular weight is 399 g/mol. The Balaban J connectivity index is 2.21. The van der Waals surface area contributed by atoms with Crippen molar-refractivity contribution in [3.05, 3.63) is 0 Å². The fraction of sp³-hybridized carbons (Fsp3) is 0.958. The number of hydrogen-bond acceptors (Lipinski definition) is 4. The number of carbonyl (C=O) groups is 1. The highest BCUT2D eigenvalue weighted by molar-refractivity contribution is 5.78. The summed E-state index contributed by atoms with van der Waals surface area (Å²) in [4.78, 5) is 11.9. The molecule has 0 radical (unpaired) electrons. The molecule has 1 saturated heterocycles. The van der Waals surface area contributed by atoms with Gasteiger partial charge in [0.25, 0.3) is 0 Å². The Labute approximate surface area is 174 Å². The van der Waals surface area contributed by atoms with Gasteiger partial charge in [-0.15, -0.1) is 0 Å². The van der Waals surface area contributed by atoms with Gasteiger partial charge in [-0.1, -0.05) is 97.3 Å². The highest BCUT2D eigenvalue weighted by Gasteiger charge is 2.42. The first-order valence-electron chi connectivity index (χ1n) is 12.0. The zero-order valence-electron chi connectivity index (χ0n) is 18.9. The lowest BCUT2D eigenvalue weighted by Crippen LogP contribution is -2.47. The average Bonchev–Trinajstić information content (AvgIpc) is 2.69. The van der Waals surface area contributed by atoms with E-state index < -0.39 is 0 Å². The summed E-state index contributed by atoms with van der Waals surface area (Å²) in [5.41, 5.74) is 0. The molecule has 0 unspecified atom stereocenters. The van der Waals surface area contributed by atoms with Crippen molar-refractivity contribution in [1.82, 2.24) is 0 Å². The molecule has 28 heavy (non-hydrogen) atoms. The molecule has 166 valence electrons. The van der Waals surface area contributed by atoms with E-state index in [0.29, 0.717) is 6.79 Å². The third kappa shape index (κ3) is 11.4. The van der Waals surface area contributed by atoms with Crippen molar-refractivity contribution < 1.29 is 19.0 Å². The van der Waals surface area contributed by atoms with Crippen molar-refractivity contribution in [3.8, 4) is 0 Å². The normalized spacial score (nSPS) is 20.0. The van der Waals surface area contributed by atoms with Crippen LogP contribution in [-0.2, 0) is 19.0 Å². The van der Waals surface area contributed by atoms with Gasteiger partial charge in [-0.3, -0.25) is 4.79 Å². The van der Waals surface area contributed by atoms with E-state index in [1.54, 1.807) is 7.11 Å².